The van der Waals surface area contributed by atoms with Crippen molar-refractivity contribution >= 4 is 34.5 Å². The lowest BCUT2D eigenvalue weighted by molar-refractivity contribution is -0.148. The van der Waals surface area contributed by atoms with Crippen LogP contribution in [-0.4, -0.2) is 73.7 Å². The average Bonchev–Trinajstić information content (AvgIpc) is 2.73. The third-order valence-corrected chi connectivity index (χ3v) is 4.73. The highest BCUT2D eigenvalue weighted by Crippen LogP contribution is 2.34. The number of methoxy groups -OCH3 is 2. The molecule has 0 spiro atoms. The quantitative estimate of drug-likeness (QED) is 0.552. The van der Waals surface area contributed by atoms with Gasteiger partial charge >= 0.3 is 5.97 Å². The maximum Gasteiger partial charge on any atom is 0.315 e. The predicted octanol–water partition coefficient (Wildman–Crippen LogP) is 0.831. The molecule has 2 N–H and O–H groups in total. The molecule has 1 aromatic heterocycles. The van der Waals surface area contributed by atoms with Gasteiger partial charge in [0.05, 0.1) is 26.3 Å². The van der Waals surface area contributed by atoms with Crippen LogP contribution in [0.3, 0.4) is 0 Å². The lowest BCUT2D eigenvalue weighted by atomic mass is 10.2. The molecule has 1 saturated heterocycles. The summed E-state index contributed by atoms with van der Waals surface area (Å²) in [6.07, 6.45) is -0.241. The molecule has 1 aromatic carbocycles. The summed E-state index contributed by atoms with van der Waals surface area (Å²) in [6.45, 7) is 3.97. The van der Waals surface area contributed by atoms with Crippen molar-refractivity contribution in [3.05, 3.63) is 12.1 Å². The number of nitrogens with two attached hydrogens (primary N) is 1. The van der Waals surface area contributed by atoms with E-state index in [-0.39, 0.29) is 18.9 Å². The smallest absolute Gasteiger partial charge is 0.315 e. The second-order valence-electron chi connectivity index (χ2n) is 6.48. The Balaban J connectivity index is 1.73. The first-order valence-corrected chi connectivity index (χ1v) is 9.34. The van der Waals surface area contributed by atoms with Crippen LogP contribution in [0.2, 0.25) is 0 Å². The third kappa shape index (κ3) is 4.41. The third-order valence-electron chi connectivity index (χ3n) is 4.73. The first kappa shape index (κ1) is 20.4. The number of hydrogen-bond acceptors (Lipinski definition) is 9. The molecule has 1 amide bonds. The van der Waals surface area contributed by atoms with Gasteiger partial charge < -0.3 is 29.7 Å². The molecule has 156 valence electrons. The number of nitrogen functional groups attached to an aromatic ring is 1. The van der Waals surface area contributed by atoms with Crippen molar-refractivity contribution in [1.82, 2.24) is 14.9 Å². The van der Waals surface area contributed by atoms with Crippen LogP contribution in [0.5, 0.6) is 11.5 Å². The average molecular weight is 403 g/mol. The van der Waals surface area contributed by atoms with Crippen LogP contribution in [0.1, 0.15) is 13.3 Å². The Morgan fingerprint density at radius 2 is 1.72 bits per heavy atom. The number of fused-ring (bicyclic) bond motifs is 1. The van der Waals surface area contributed by atoms with Gasteiger partial charge in [0.15, 0.2) is 11.5 Å². The first-order chi connectivity index (χ1) is 14.0. The summed E-state index contributed by atoms with van der Waals surface area (Å²) in [5.41, 5.74) is 6.79. The highest BCUT2D eigenvalue weighted by Gasteiger charge is 2.25. The van der Waals surface area contributed by atoms with Crippen molar-refractivity contribution in [1.29, 1.82) is 0 Å². The van der Waals surface area contributed by atoms with Gasteiger partial charge in [-0.2, -0.15) is 4.98 Å². The van der Waals surface area contributed by atoms with Crippen molar-refractivity contribution in [2.45, 2.75) is 13.3 Å². The number of hydrogen-bond donors (Lipinski definition) is 1. The van der Waals surface area contributed by atoms with Crippen LogP contribution in [0, 0.1) is 0 Å². The lowest BCUT2D eigenvalue weighted by Crippen LogP contribution is -2.49. The number of ether oxygens (including phenoxy) is 3. The van der Waals surface area contributed by atoms with Crippen molar-refractivity contribution in [3.8, 4) is 11.5 Å². The van der Waals surface area contributed by atoms with Crippen LogP contribution >= 0.6 is 0 Å². The number of aromatic nitrogens is 2. The van der Waals surface area contributed by atoms with E-state index >= 15 is 0 Å². The second-order valence-corrected chi connectivity index (χ2v) is 6.48. The van der Waals surface area contributed by atoms with Crippen LogP contribution < -0.4 is 20.1 Å². The number of nitrogens with zero attached hydrogens (tertiary/aromatic N) is 4. The Morgan fingerprint density at radius 1 is 1.07 bits per heavy atom. The van der Waals surface area contributed by atoms with Gasteiger partial charge in [0.2, 0.25) is 11.9 Å². The molecule has 0 radical (unpaired) electrons. The number of rotatable bonds is 6. The van der Waals surface area contributed by atoms with Gasteiger partial charge in [0.1, 0.15) is 12.2 Å². The summed E-state index contributed by atoms with van der Waals surface area (Å²) in [7, 11) is 3.11. The van der Waals surface area contributed by atoms with Gasteiger partial charge in [-0.25, -0.2) is 4.98 Å². The first-order valence-electron chi connectivity index (χ1n) is 9.34. The van der Waals surface area contributed by atoms with E-state index in [1.54, 1.807) is 38.2 Å². The topological polar surface area (TPSA) is 120 Å². The summed E-state index contributed by atoms with van der Waals surface area (Å²) in [4.78, 5) is 36.4. The maximum atomic E-state index is 12.2. The van der Waals surface area contributed by atoms with E-state index in [0.717, 1.165) is 0 Å². The Hall–Kier alpha value is -3.30. The number of anilines is 2. The summed E-state index contributed by atoms with van der Waals surface area (Å²) >= 11 is 0. The molecule has 0 bridgehead atoms. The standard InChI is InChI=1S/C19H25N5O5/c1-4-29-17(26)11-16(25)23-5-7-24(8-6-23)19-21-13-10-15(28-3)14(27-2)9-12(13)18(20)22-19/h9-10H,4-8,11H2,1-3H3,(H2,20,21,22). The van der Waals surface area contributed by atoms with E-state index in [2.05, 4.69) is 9.97 Å². The van der Waals surface area contributed by atoms with Crippen molar-refractivity contribution in [2.75, 3.05) is 57.6 Å². The van der Waals surface area contributed by atoms with E-state index in [0.29, 0.717) is 60.3 Å². The molecule has 1 aliphatic rings. The molecular weight excluding hydrogens is 378 g/mol. The van der Waals surface area contributed by atoms with Crippen LogP contribution in [0.4, 0.5) is 11.8 Å². The molecule has 2 heterocycles. The molecule has 0 saturated carbocycles. The molecule has 0 unspecified atom stereocenters. The maximum absolute atomic E-state index is 12.2. The van der Waals surface area contributed by atoms with E-state index in [9.17, 15) is 9.59 Å². The van der Waals surface area contributed by atoms with E-state index in [1.807, 2.05) is 4.90 Å². The number of amides is 1. The van der Waals surface area contributed by atoms with E-state index in [1.165, 1.54) is 0 Å². The van der Waals surface area contributed by atoms with Crippen LogP contribution in [0.25, 0.3) is 10.9 Å². The minimum atomic E-state index is -0.505. The number of esters is 1. The molecule has 0 atom stereocenters. The Labute approximate surface area is 168 Å². The van der Waals surface area contributed by atoms with Gasteiger partial charge in [-0.05, 0) is 13.0 Å². The molecule has 29 heavy (non-hydrogen) atoms. The number of carbonyl (C=O) groups is 2. The van der Waals surface area contributed by atoms with Crippen molar-refractivity contribution in [3.63, 3.8) is 0 Å². The van der Waals surface area contributed by atoms with Gasteiger partial charge in [-0.3, -0.25) is 9.59 Å². The van der Waals surface area contributed by atoms with Gasteiger partial charge in [-0.1, -0.05) is 0 Å². The van der Waals surface area contributed by atoms with Gasteiger partial charge in [0, 0.05) is 37.6 Å². The zero-order chi connectivity index (χ0) is 21.0. The molecular formula is C19H25N5O5. The molecule has 3 rings (SSSR count). The van der Waals surface area contributed by atoms with E-state index < -0.39 is 5.97 Å². The predicted molar refractivity (Wildman–Crippen MR) is 107 cm³/mol. The summed E-state index contributed by atoms with van der Waals surface area (Å²) < 4.78 is 15.5. The van der Waals surface area contributed by atoms with Gasteiger partial charge in [-0.15, -0.1) is 0 Å². The highest BCUT2D eigenvalue weighted by atomic mass is 16.5. The largest absolute Gasteiger partial charge is 0.493 e. The molecule has 10 heteroatoms. The van der Waals surface area contributed by atoms with Crippen molar-refractivity contribution < 1.29 is 23.8 Å². The number of carbonyl (C=O) groups excluding carboxylic acids is 2. The molecule has 2 aromatic rings. The SMILES string of the molecule is CCOC(=O)CC(=O)N1CCN(c2nc(N)c3cc(OC)c(OC)cc3n2)CC1. The fourth-order valence-corrected chi connectivity index (χ4v) is 3.21. The van der Waals surface area contributed by atoms with Crippen molar-refractivity contribution in [2.24, 2.45) is 0 Å². The van der Waals surface area contributed by atoms with Crippen LogP contribution in [-0.2, 0) is 14.3 Å². The molecule has 10 nitrogen and oxygen atoms in total. The summed E-state index contributed by atoms with van der Waals surface area (Å²) in [6, 6.07) is 3.51. The van der Waals surface area contributed by atoms with E-state index in [4.69, 9.17) is 19.9 Å². The zero-order valence-corrected chi connectivity index (χ0v) is 16.8. The normalized spacial score (nSPS) is 14.0. The lowest BCUT2D eigenvalue weighted by Gasteiger charge is -2.34. The fourth-order valence-electron chi connectivity index (χ4n) is 3.21. The highest BCUT2D eigenvalue weighted by molar-refractivity contribution is 5.94. The fraction of sp³-hybridized carbons (Fsp3) is 0.474. The Morgan fingerprint density at radius 3 is 2.34 bits per heavy atom. The van der Waals surface area contributed by atoms with Crippen LogP contribution in [0.15, 0.2) is 12.1 Å². The van der Waals surface area contributed by atoms with Gasteiger partial charge in [0.25, 0.3) is 0 Å². The Kier molecular flexibility index (Phi) is 6.20. The minimum Gasteiger partial charge on any atom is -0.493 e. The molecule has 1 aliphatic heterocycles. The number of piperazine rings is 1. The second kappa shape index (κ2) is 8.80. The molecule has 1 fully saturated rings. The number of benzene rings is 1. The minimum absolute atomic E-state index is 0.237. The summed E-state index contributed by atoms with van der Waals surface area (Å²) in [5, 5.41) is 0.676. The zero-order valence-electron chi connectivity index (χ0n) is 16.8. The molecule has 0 aliphatic carbocycles. The summed E-state index contributed by atoms with van der Waals surface area (Å²) in [5.74, 6) is 1.19. The Bertz CT molecular complexity index is 911. The monoisotopic (exact) mass is 403 g/mol.